The van der Waals surface area contributed by atoms with E-state index in [1.165, 1.54) is 25.6 Å². The zero-order chi connectivity index (χ0) is 32.4. The van der Waals surface area contributed by atoms with Gasteiger partial charge in [-0.2, -0.15) is 0 Å². The molecule has 10 nitrogen and oxygen atoms in total. The van der Waals surface area contributed by atoms with Gasteiger partial charge in [0.15, 0.2) is 23.1 Å². The largest absolute Gasteiger partial charge is 0.493 e. The van der Waals surface area contributed by atoms with Gasteiger partial charge in [0.05, 0.1) is 23.4 Å². The smallest absolute Gasteiger partial charge is 0.415 e. The molecule has 4 aromatic rings. The van der Waals surface area contributed by atoms with Crippen molar-refractivity contribution >= 4 is 28.6 Å². The van der Waals surface area contributed by atoms with Crippen molar-refractivity contribution in [1.29, 1.82) is 0 Å². The van der Waals surface area contributed by atoms with Crippen LogP contribution in [-0.2, 0) is 22.4 Å². The van der Waals surface area contributed by atoms with Gasteiger partial charge < -0.3 is 24.0 Å². The highest BCUT2D eigenvalue weighted by Crippen LogP contribution is 2.49. The lowest BCUT2D eigenvalue weighted by atomic mass is 9.88. The fourth-order valence-electron chi connectivity index (χ4n) is 5.86. The number of fused-ring (bicyclic) bond motifs is 1. The molecule has 1 aromatic heterocycles. The number of amides is 1. The molecule has 1 aliphatic carbocycles. The van der Waals surface area contributed by atoms with E-state index < -0.39 is 11.5 Å². The predicted molar refractivity (Wildman–Crippen MR) is 168 cm³/mol. The Balaban J connectivity index is 1.12. The third-order valence-electron chi connectivity index (χ3n) is 8.74. The fraction of sp³-hybridized carbons (Fsp3) is 0.343. The van der Waals surface area contributed by atoms with Crippen molar-refractivity contribution < 1.29 is 33.0 Å². The molecule has 1 atom stereocenters. The first-order valence-electron chi connectivity index (χ1n) is 15.2. The summed E-state index contributed by atoms with van der Waals surface area (Å²) in [5.74, 6) is 0.747. The number of halogens is 1. The van der Waals surface area contributed by atoms with E-state index in [1.54, 1.807) is 53.4 Å². The summed E-state index contributed by atoms with van der Waals surface area (Å²) in [6, 6.07) is 16.1. The quantitative estimate of drug-likeness (QED) is 0.214. The van der Waals surface area contributed by atoms with E-state index in [1.807, 2.05) is 14.0 Å². The molecule has 2 heterocycles. The predicted octanol–water partition coefficient (Wildman–Crippen LogP) is 5.41. The minimum Gasteiger partial charge on any atom is -0.493 e. The van der Waals surface area contributed by atoms with Crippen LogP contribution >= 0.6 is 0 Å². The summed E-state index contributed by atoms with van der Waals surface area (Å²) in [6.07, 6.45) is 2.21. The third-order valence-corrected chi connectivity index (χ3v) is 8.74. The monoisotopic (exact) mass is 626 g/mol. The molecule has 1 aliphatic heterocycles. The third kappa shape index (κ3) is 6.55. The van der Waals surface area contributed by atoms with Gasteiger partial charge in [-0.1, -0.05) is 24.3 Å². The number of ether oxygens (including phenoxy) is 3. The highest BCUT2D eigenvalue weighted by atomic mass is 19.1. The number of methoxy groups -OCH3 is 1. The van der Waals surface area contributed by atoms with Crippen LogP contribution in [0.1, 0.15) is 30.9 Å². The second-order valence-electron chi connectivity index (χ2n) is 12.0. The molecule has 0 spiro atoms. The molecule has 1 amide bonds. The van der Waals surface area contributed by atoms with E-state index >= 15 is 0 Å². The summed E-state index contributed by atoms with van der Waals surface area (Å²) < 4.78 is 30.6. The van der Waals surface area contributed by atoms with Crippen LogP contribution in [0.4, 0.5) is 9.18 Å². The lowest BCUT2D eigenvalue weighted by Crippen LogP contribution is -2.53. The van der Waals surface area contributed by atoms with Crippen LogP contribution in [0.25, 0.3) is 10.9 Å². The van der Waals surface area contributed by atoms with Gasteiger partial charge in [0, 0.05) is 44.6 Å². The number of hydrogen-bond donors (Lipinski definition) is 0. The summed E-state index contributed by atoms with van der Waals surface area (Å²) in [5.41, 5.74) is 0.994. The first kappa shape index (κ1) is 31.1. The molecule has 0 N–H and O–H groups in total. The Labute approximate surface area is 266 Å². The molecule has 0 radical (unpaired) electrons. The molecular formula is C35H35FN4O6. The number of Topliss-reactive ketones (excluding diaryl/α,β-unsaturated/α-hetero) is 2. The van der Waals surface area contributed by atoms with Gasteiger partial charge in [-0.05, 0) is 68.3 Å². The molecule has 1 saturated heterocycles. The zero-order valence-corrected chi connectivity index (χ0v) is 26.0. The lowest BCUT2D eigenvalue weighted by molar-refractivity contribution is -0.133. The number of likely N-dealkylation sites (N-methyl/N-ethyl adjacent to an activating group) is 1. The molecule has 2 aliphatic rings. The maximum absolute atomic E-state index is 13.2. The molecule has 0 unspecified atom stereocenters. The SMILES string of the molecule is COc1cc2c(Oc3ccc(CC(=O)C4(C(=O)Cc5ccc(F)cc5)CC4)cc3)ncnc2cc1OC(=O)N1CCN(C)C[C@H]1C. The maximum Gasteiger partial charge on any atom is 0.415 e. The van der Waals surface area contributed by atoms with Crippen molar-refractivity contribution in [2.45, 2.75) is 38.6 Å². The topological polar surface area (TPSA) is 111 Å². The summed E-state index contributed by atoms with van der Waals surface area (Å²) in [4.78, 5) is 51.7. The van der Waals surface area contributed by atoms with Crippen LogP contribution < -0.4 is 14.2 Å². The number of ketones is 2. The van der Waals surface area contributed by atoms with Crippen LogP contribution in [0.2, 0.25) is 0 Å². The lowest BCUT2D eigenvalue weighted by Gasteiger charge is -2.37. The second kappa shape index (κ2) is 12.8. The van der Waals surface area contributed by atoms with E-state index in [9.17, 15) is 18.8 Å². The standard InChI is InChI=1S/C35H35FN4O6/c1-22-20-39(2)14-15-40(22)34(43)46-30-19-28-27(18-29(30)44-3)33(38-21-37-28)45-26-10-6-24(7-11-26)17-32(42)35(12-13-35)31(41)16-23-4-8-25(36)9-5-23/h4-11,18-19,21-22H,12-17,20H2,1-3H3/t22-/m1/s1. The summed E-state index contributed by atoms with van der Waals surface area (Å²) in [6.45, 7) is 4.07. The highest BCUT2D eigenvalue weighted by molar-refractivity contribution is 6.11. The van der Waals surface area contributed by atoms with Crippen molar-refractivity contribution in [3.8, 4) is 23.1 Å². The van der Waals surface area contributed by atoms with Crippen LogP contribution in [0.15, 0.2) is 67.0 Å². The van der Waals surface area contributed by atoms with E-state index in [2.05, 4.69) is 14.9 Å². The molecule has 0 bridgehead atoms. The van der Waals surface area contributed by atoms with Gasteiger partial charge in [0.25, 0.3) is 0 Å². The van der Waals surface area contributed by atoms with Crippen molar-refractivity contribution in [2.75, 3.05) is 33.8 Å². The average molecular weight is 627 g/mol. The molecular weight excluding hydrogens is 591 g/mol. The van der Waals surface area contributed by atoms with E-state index in [4.69, 9.17) is 14.2 Å². The molecule has 6 rings (SSSR count). The summed E-state index contributed by atoms with van der Waals surface area (Å²) >= 11 is 0. The fourth-order valence-corrected chi connectivity index (χ4v) is 5.86. The first-order valence-corrected chi connectivity index (χ1v) is 15.2. The Morgan fingerprint density at radius 1 is 0.913 bits per heavy atom. The van der Waals surface area contributed by atoms with Gasteiger partial charge in [-0.15, -0.1) is 0 Å². The normalized spacial score (nSPS) is 17.4. The van der Waals surface area contributed by atoms with Crippen molar-refractivity contribution in [3.05, 3.63) is 83.9 Å². The van der Waals surface area contributed by atoms with Gasteiger partial charge in [0.2, 0.25) is 5.88 Å². The molecule has 2 fully saturated rings. The van der Waals surface area contributed by atoms with Gasteiger partial charge in [-0.3, -0.25) is 9.59 Å². The number of nitrogens with zero attached hydrogens (tertiary/aromatic N) is 4. The number of carbonyl (C=O) groups excluding carboxylic acids is 3. The number of hydrogen-bond acceptors (Lipinski definition) is 9. The Bertz CT molecular complexity index is 1770. The van der Waals surface area contributed by atoms with Gasteiger partial charge >= 0.3 is 6.09 Å². The first-order chi connectivity index (χ1) is 22.1. The van der Waals surface area contributed by atoms with Crippen LogP contribution in [0.3, 0.4) is 0 Å². The van der Waals surface area contributed by atoms with Gasteiger partial charge in [-0.25, -0.2) is 19.2 Å². The Morgan fingerprint density at radius 3 is 2.17 bits per heavy atom. The summed E-state index contributed by atoms with van der Waals surface area (Å²) in [7, 11) is 3.51. The minimum absolute atomic E-state index is 0.00896. The second-order valence-corrected chi connectivity index (χ2v) is 12.0. The average Bonchev–Trinajstić information content (AvgIpc) is 3.85. The van der Waals surface area contributed by atoms with Gasteiger partial charge in [0.1, 0.15) is 17.9 Å². The van der Waals surface area contributed by atoms with Crippen molar-refractivity contribution in [3.63, 3.8) is 0 Å². The van der Waals surface area contributed by atoms with E-state index in [0.717, 1.165) is 18.7 Å². The number of carbonyl (C=O) groups is 3. The maximum atomic E-state index is 13.2. The van der Waals surface area contributed by atoms with E-state index in [0.29, 0.717) is 47.4 Å². The molecule has 11 heteroatoms. The summed E-state index contributed by atoms with van der Waals surface area (Å²) in [5, 5.41) is 0.557. The number of benzene rings is 3. The Kier molecular flexibility index (Phi) is 8.68. The van der Waals surface area contributed by atoms with Crippen molar-refractivity contribution in [1.82, 2.24) is 19.8 Å². The Morgan fingerprint density at radius 2 is 1.57 bits per heavy atom. The molecule has 1 saturated carbocycles. The number of aromatic nitrogens is 2. The Hall–Kier alpha value is -4.90. The number of rotatable bonds is 10. The molecule has 46 heavy (non-hydrogen) atoms. The van der Waals surface area contributed by atoms with E-state index in [-0.39, 0.29) is 47.9 Å². The van der Waals surface area contributed by atoms with Crippen LogP contribution in [0, 0.1) is 11.2 Å². The number of piperazine rings is 1. The zero-order valence-electron chi connectivity index (χ0n) is 26.0. The molecule has 238 valence electrons. The molecule has 3 aromatic carbocycles. The minimum atomic E-state index is -0.960. The van der Waals surface area contributed by atoms with Crippen LogP contribution in [0.5, 0.6) is 23.1 Å². The van der Waals surface area contributed by atoms with Crippen LogP contribution in [-0.4, -0.2) is 77.3 Å². The van der Waals surface area contributed by atoms with Crippen molar-refractivity contribution in [2.24, 2.45) is 5.41 Å². The highest BCUT2D eigenvalue weighted by Gasteiger charge is 2.54.